The number of halogens is 1. The van der Waals surface area contributed by atoms with E-state index in [0.29, 0.717) is 18.1 Å². The van der Waals surface area contributed by atoms with Crippen LogP contribution < -0.4 is 5.73 Å². The van der Waals surface area contributed by atoms with E-state index >= 15 is 0 Å². The molecule has 2 rings (SSSR count). The summed E-state index contributed by atoms with van der Waals surface area (Å²) in [6.45, 7) is 2.67. The second kappa shape index (κ2) is 5.17. The summed E-state index contributed by atoms with van der Waals surface area (Å²) in [5.41, 5.74) is 6.39. The molecule has 0 bridgehead atoms. The minimum atomic E-state index is -3.53. The molecule has 0 aromatic heterocycles. The Morgan fingerprint density at radius 1 is 1.50 bits per heavy atom. The summed E-state index contributed by atoms with van der Waals surface area (Å²) < 4.78 is 26.6. The van der Waals surface area contributed by atoms with Crippen molar-refractivity contribution in [1.29, 1.82) is 0 Å². The van der Waals surface area contributed by atoms with Crippen LogP contribution in [0.4, 0.5) is 0 Å². The van der Waals surface area contributed by atoms with Gasteiger partial charge in [-0.1, -0.05) is 23.7 Å². The Bertz CT molecular complexity index is 545. The Labute approximate surface area is 113 Å². The van der Waals surface area contributed by atoms with Crippen molar-refractivity contribution in [2.75, 3.05) is 13.1 Å². The molecule has 0 spiro atoms. The van der Waals surface area contributed by atoms with Crippen LogP contribution in [0.3, 0.4) is 0 Å². The molecule has 1 aromatic rings. The van der Waals surface area contributed by atoms with Crippen LogP contribution in [0.15, 0.2) is 23.1 Å². The van der Waals surface area contributed by atoms with Gasteiger partial charge in [0.1, 0.15) is 4.90 Å². The van der Waals surface area contributed by atoms with E-state index in [9.17, 15) is 8.42 Å². The standard InChI is InChI=1S/C12H17ClN2O2S/c1-9-4-2-6-11(12(9)13)18(16,17)15-7-3-5-10(15)8-14/h2,4,6,10H,3,5,7-8,14H2,1H3/t10-/m0/s1. The number of benzene rings is 1. The first-order valence-corrected chi connectivity index (χ1v) is 7.77. The molecule has 2 N–H and O–H groups in total. The second-order valence-corrected chi connectivity index (χ2v) is 6.77. The lowest BCUT2D eigenvalue weighted by Crippen LogP contribution is -2.39. The Morgan fingerprint density at radius 2 is 2.22 bits per heavy atom. The third-order valence-corrected chi connectivity index (χ3v) is 5.95. The van der Waals surface area contributed by atoms with Crippen LogP contribution in [0.25, 0.3) is 0 Å². The average Bonchev–Trinajstić information content (AvgIpc) is 2.81. The molecule has 0 saturated carbocycles. The maximum absolute atomic E-state index is 12.6. The fourth-order valence-corrected chi connectivity index (χ4v) is 4.57. The molecule has 1 aromatic carbocycles. The predicted octanol–water partition coefficient (Wildman–Crippen LogP) is 1.76. The summed E-state index contributed by atoms with van der Waals surface area (Å²) >= 11 is 6.11. The van der Waals surface area contributed by atoms with Gasteiger partial charge in [-0.05, 0) is 31.4 Å². The molecule has 100 valence electrons. The molecular weight excluding hydrogens is 272 g/mol. The molecule has 1 saturated heterocycles. The minimum absolute atomic E-state index is 0.105. The summed E-state index contributed by atoms with van der Waals surface area (Å²) in [4.78, 5) is 0.185. The van der Waals surface area contributed by atoms with Crippen LogP contribution in [-0.2, 0) is 10.0 Å². The van der Waals surface area contributed by atoms with Crippen molar-refractivity contribution in [3.05, 3.63) is 28.8 Å². The molecule has 0 unspecified atom stereocenters. The van der Waals surface area contributed by atoms with Gasteiger partial charge < -0.3 is 5.73 Å². The van der Waals surface area contributed by atoms with Gasteiger partial charge in [0.25, 0.3) is 0 Å². The van der Waals surface area contributed by atoms with Crippen molar-refractivity contribution in [3.63, 3.8) is 0 Å². The number of aryl methyl sites for hydroxylation is 1. The van der Waals surface area contributed by atoms with Gasteiger partial charge in [0.05, 0.1) is 5.02 Å². The lowest BCUT2D eigenvalue weighted by molar-refractivity contribution is 0.393. The number of nitrogens with zero attached hydrogens (tertiary/aromatic N) is 1. The van der Waals surface area contributed by atoms with Crippen molar-refractivity contribution in [1.82, 2.24) is 4.31 Å². The molecule has 0 amide bonds. The zero-order valence-electron chi connectivity index (χ0n) is 10.3. The Balaban J connectivity index is 2.45. The molecule has 1 aliphatic rings. The lowest BCUT2D eigenvalue weighted by atomic mass is 10.2. The van der Waals surface area contributed by atoms with Crippen LogP contribution in [0.5, 0.6) is 0 Å². The van der Waals surface area contributed by atoms with E-state index in [2.05, 4.69) is 0 Å². The fraction of sp³-hybridized carbons (Fsp3) is 0.500. The molecule has 6 heteroatoms. The first-order chi connectivity index (χ1) is 8.48. The topological polar surface area (TPSA) is 63.4 Å². The van der Waals surface area contributed by atoms with Gasteiger partial charge in [0.15, 0.2) is 0 Å². The zero-order chi connectivity index (χ0) is 13.3. The molecule has 1 aliphatic heterocycles. The SMILES string of the molecule is Cc1cccc(S(=O)(=O)N2CCC[C@H]2CN)c1Cl. The fourth-order valence-electron chi connectivity index (χ4n) is 2.31. The van der Waals surface area contributed by atoms with Crippen LogP contribution in [0.2, 0.25) is 5.02 Å². The summed E-state index contributed by atoms with van der Waals surface area (Å²) in [7, 11) is -3.53. The average molecular weight is 289 g/mol. The minimum Gasteiger partial charge on any atom is -0.329 e. The molecule has 1 heterocycles. The summed E-state index contributed by atoms with van der Waals surface area (Å²) in [5, 5.41) is 0.306. The van der Waals surface area contributed by atoms with Crippen LogP contribution >= 0.6 is 11.6 Å². The highest BCUT2D eigenvalue weighted by molar-refractivity contribution is 7.89. The molecule has 1 fully saturated rings. The van der Waals surface area contributed by atoms with Crippen LogP contribution in [0, 0.1) is 6.92 Å². The number of hydrogen-bond donors (Lipinski definition) is 1. The van der Waals surface area contributed by atoms with E-state index in [1.54, 1.807) is 25.1 Å². The third-order valence-electron chi connectivity index (χ3n) is 3.34. The van der Waals surface area contributed by atoms with Crippen LogP contribution in [0.1, 0.15) is 18.4 Å². The summed E-state index contributed by atoms with van der Waals surface area (Å²) in [6, 6.07) is 4.95. The van der Waals surface area contributed by atoms with Gasteiger partial charge in [-0.15, -0.1) is 0 Å². The van der Waals surface area contributed by atoms with Gasteiger partial charge in [-0.3, -0.25) is 0 Å². The van der Waals surface area contributed by atoms with Gasteiger partial charge in [-0.25, -0.2) is 8.42 Å². The van der Waals surface area contributed by atoms with Gasteiger partial charge in [0.2, 0.25) is 10.0 Å². The van der Waals surface area contributed by atoms with Gasteiger partial charge in [-0.2, -0.15) is 4.31 Å². The first kappa shape index (κ1) is 13.8. The normalized spacial score (nSPS) is 21.4. The highest BCUT2D eigenvalue weighted by Gasteiger charge is 2.35. The van der Waals surface area contributed by atoms with E-state index in [1.807, 2.05) is 0 Å². The van der Waals surface area contributed by atoms with E-state index in [4.69, 9.17) is 17.3 Å². The van der Waals surface area contributed by atoms with E-state index in [-0.39, 0.29) is 10.9 Å². The van der Waals surface area contributed by atoms with E-state index in [0.717, 1.165) is 18.4 Å². The maximum Gasteiger partial charge on any atom is 0.244 e. The van der Waals surface area contributed by atoms with Crippen molar-refractivity contribution in [3.8, 4) is 0 Å². The highest BCUT2D eigenvalue weighted by Crippen LogP contribution is 2.31. The Kier molecular flexibility index (Phi) is 3.96. The Morgan fingerprint density at radius 3 is 2.89 bits per heavy atom. The summed E-state index contributed by atoms with van der Waals surface area (Å²) in [5.74, 6) is 0. The van der Waals surface area contributed by atoms with Crippen molar-refractivity contribution in [2.24, 2.45) is 5.73 Å². The molecule has 0 radical (unpaired) electrons. The Hall–Kier alpha value is -0.620. The van der Waals surface area contributed by atoms with Gasteiger partial charge >= 0.3 is 0 Å². The molecule has 1 atom stereocenters. The number of nitrogens with two attached hydrogens (primary N) is 1. The van der Waals surface area contributed by atoms with E-state index < -0.39 is 10.0 Å². The zero-order valence-corrected chi connectivity index (χ0v) is 11.8. The van der Waals surface area contributed by atoms with Gasteiger partial charge in [0, 0.05) is 19.1 Å². The predicted molar refractivity (Wildman–Crippen MR) is 72.2 cm³/mol. The van der Waals surface area contributed by atoms with Crippen molar-refractivity contribution < 1.29 is 8.42 Å². The lowest BCUT2D eigenvalue weighted by Gasteiger charge is -2.23. The number of rotatable bonds is 3. The number of sulfonamides is 1. The number of hydrogen-bond acceptors (Lipinski definition) is 3. The molecule has 18 heavy (non-hydrogen) atoms. The van der Waals surface area contributed by atoms with Crippen LogP contribution in [-0.4, -0.2) is 31.9 Å². The molecule has 0 aliphatic carbocycles. The van der Waals surface area contributed by atoms with Crippen molar-refractivity contribution >= 4 is 21.6 Å². The van der Waals surface area contributed by atoms with Crippen molar-refractivity contribution in [2.45, 2.75) is 30.7 Å². The summed E-state index contributed by atoms with van der Waals surface area (Å²) in [6.07, 6.45) is 1.67. The highest BCUT2D eigenvalue weighted by atomic mass is 35.5. The monoisotopic (exact) mass is 288 g/mol. The third kappa shape index (κ3) is 2.28. The smallest absolute Gasteiger partial charge is 0.244 e. The first-order valence-electron chi connectivity index (χ1n) is 5.95. The maximum atomic E-state index is 12.6. The second-order valence-electron chi connectivity index (χ2n) is 4.53. The molecular formula is C12H17ClN2O2S. The largest absolute Gasteiger partial charge is 0.329 e. The molecule has 4 nitrogen and oxygen atoms in total. The quantitative estimate of drug-likeness (QED) is 0.922. The van der Waals surface area contributed by atoms with E-state index in [1.165, 1.54) is 4.31 Å².